The summed E-state index contributed by atoms with van der Waals surface area (Å²) in [6.45, 7) is 3.62. The number of nitrogens with two attached hydrogens (primary N) is 2. The Morgan fingerprint density at radius 1 is 1.36 bits per heavy atom. The summed E-state index contributed by atoms with van der Waals surface area (Å²) in [7, 11) is -0.140. The Hall–Kier alpha value is -1.12. The third kappa shape index (κ3) is 1.72. The van der Waals surface area contributed by atoms with Gasteiger partial charge in [0.05, 0.1) is 11.0 Å². The third-order valence-corrected chi connectivity index (χ3v) is 2.69. The van der Waals surface area contributed by atoms with Crippen molar-refractivity contribution < 1.29 is 4.42 Å². The van der Waals surface area contributed by atoms with E-state index in [1.807, 2.05) is 6.92 Å². The van der Waals surface area contributed by atoms with Crippen molar-refractivity contribution in [3.05, 3.63) is 21.1 Å². The van der Waals surface area contributed by atoms with Gasteiger partial charge in [-0.2, -0.15) is 0 Å². The van der Waals surface area contributed by atoms with Gasteiger partial charge < -0.3 is 15.7 Å². The first-order valence-corrected chi connectivity index (χ1v) is 5.25. The van der Waals surface area contributed by atoms with Gasteiger partial charge in [0.15, 0.2) is 0 Å². The van der Waals surface area contributed by atoms with Gasteiger partial charge in [0.25, 0.3) is 0 Å². The average Bonchev–Trinajstić information content (AvgIpc) is 2.17. The lowest BCUT2D eigenvalue weighted by molar-refractivity contribution is 0.479. The number of nitrogen functional groups attached to an aromatic ring is 1. The molecule has 0 saturated heterocycles. The minimum atomic E-state index is -0.443. The highest BCUT2D eigenvalue weighted by Crippen LogP contribution is 1.96. The maximum absolute atomic E-state index is 11.4. The van der Waals surface area contributed by atoms with Gasteiger partial charge in [-0.3, -0.25) is 0 Å². The van der Waals surface area contributed by atoms with Gasteiger partial charge >= 0.3 is 5.63 Å². The molecule has 0 spiro atoms. The SMILES string of the molecule is C/C=c1/c(N)c(PN)c(=O)o/c1=C/C. The molecule has 1 atom stereocenters. The fourth-order valence-corrected chi connectivity index (χ4v) is 1.69. The lowest BCUT2D eigenvalue weighted by Crippen LogP contribution is -2.40. The predicted molar refractivity (Wildman–Crippen MR) is 61.1 cm³/mol. The molecule has 4 N–H and O–H groups in total. The molecule has 0 aliphatic rings. The second-order valence-electron chi connectivity index (χ2n) is 2.68. The molecule has 0 amide bonds. The Bertz CT molecular complexity index is 505. The summed E-state index contributed by atoms with van der Waals surface area (Å²) in [5.41, 5.74) is 11.7. The largest absolute Gasteiger partial charge is 0.422 e. The van der Waals surface area contributed by atoms with E-state index in [1.54, 1.807) is 19.1 Å². The maximum atomic E-state index is 11.4. The van der Waals surface area contributed by atoms with Crippen LogP contribution in [0, 0.1) is 0 Å². The quantitative estimate of drug-likeness (QED) is 0.585. The molecule has 14 heavy (non-hydrogen) atoms. The second-order valence-corrected chi connectivity index (χ2v) is 3.47. The van der Waals surface area contributed by atoms with Crippen LogP contribution in [-0.4, -0.2) is 0 Å². The lowest BCUT2D eigenvalue weighted by atomic mass is 10.3. The van der Waals surface area contributed by atoms with Gasteiger partial charge in [0.1, 0.15) is 5.42 Å². The highest BCUT2D eigenvalue weighted by atomic mass is 31.1. The van der Waals surface area contributed by atoms with Crippen molar-refractivity contribution in [1.29, 1.82) is 0 Å². The number of hydrogen-bond acceptors (Lipinski definition) is 4. The Labute approximate surface area is 83.1 Å². The molecular formula is C9H13N2O2P. The normalized spacial score (nSPS) is 14.5. The van der Waals surface area contributed by atoms with E-state index in [4.69, 9.17) is 15.7 Å². The summed E-state index contributed by atoms with van der Waals surface area (Å²) in [6, 6.07) is 0. The molecule has 76 valence electrons. The fourth-order valence-electron chi connectivity index (χ4n) is 1.23. The van der Waals surface area contributed by atoms with Crippen molar-refractivity contribution in [2.24, 2.45) is 5.50 Å². The second kappa shape index (κ2) is 4.40. The topological polar surface area (TPSA) is 82.2 Å². The van der Waals surface area contributed by atoms with Gasteiger partial charge in [0, 0.05) is 5.22 Å². The predicted octanol–water partition coefficient (Wildman–Crippen LogP) is -1.000. The van der Waals surface area contributed by atoms with Crippen molar-refractivity contribution in [3.63, 3.8) is 0 Å². The molecule has 0 fully saturated rings. The summed E-state index contributed by atoms with van der Waals surface area (Å²) in [4.78, 5) is 11.4. The van der Waals surface area contributed by atoms with Crippen LogP contribution in [-0.2, 0) is 0 Å². The van der Waals surface area contributed by atoms with Crippen LogP contribution in [0.4, 0.5) is 5.69 Å². The molecule has 1 rings (SSSR count). The first-order chi connectivity index (χ1) is 6.65. The number of hydrogen-bond donors (Lipinski definition) is 2. The molecule has 1 heterocycles. The van der Waals surface area contributed by atoms with E-state index < -0.39 is 5.63 Å². The molecule has 0 saturated carbocycles. The standard InChI is InChI=1S/C9H13N2O2P/c1-3-5-6(4-2)13-9(12)8(14-11)7(5)10/h3-4,14H,10-11H2,1-2H3/b5-3+,6-4+. The van der Waals surface area contributed by atoms with Gasteiger partial charge in [-0.1, -0.05) is 6.08 Å². The molecular weight excluding hydrogens is 199 g/mol. The monoisotopic (exact) mass is 212 g/mol. The van der Waals surface area contributed by atoms with Gasteiger partial charge in [-0.25, -0.2) is 4.79 Å². The Morgan fingerprint density at radius 2 is 2.00 bits per heavy atom. The van der Waals surface area contributed by atoms with Crippen molar-refractivity contribution in [3.8, 4) is 0 Å². The third-order valence-electron chi connectivity index (χ3n) is 1.93. The summed E-state index contributed by atoms with van der Waals surface area (Å²) < 4.78 is 5.06. The van der Waals surface area contributed by atoms with Crippen LogP contribution in [0.5, 0.6) is 0 Å². The Morgan fingerprint density at radius 3 is 2.43 bits per heavy atom. The van der Waals surface area contributed by atoms with Crippen molar-refractivity contribution >= 4 is 31.9 Å². The minimum Gasteiger partial charge on any atom is -0.422 e. The molecule has 0 aliphatic heterocycles. The summed E-state index contributed by atoms with van der Waals surface area (Å²) in [5, 5.41) is 1.10. The average molecular weight is 212 g/mol. The van der Waals surface area contributed by atoms with E-state index in [9.17, 15) is 4.79 Å². The molecule has 0 aliphatic carbocycles. The first-order valence-electron chi connectivity index (χ1n) is 4.17. The zero-order valence-corrected chi connectivity index (χ0v) is 9.13. The van der Waals surface area contributed by atoms with Crippen LogP contribution in [0.3, 0.4) is 0 Å². The zero-order valence-electron chi connectivity index (χ0n) is 8.13. The van der Waals surface area contributed by atoms with E-state index in [0.29, 0.717) is 16.4 Å². The van der Waals surface area contributed by atoms with Gasteiger partial charge in [-0.05, 0) is 28.7 Å². The van der Waals surface area contributed by atoms with Crippen molar-refractivity contribution in [2.75, 3.05) is 5.73 Å². The zero-order chi connectivity index (χ0) is 10.7. The molecule has 1 aromatic heterocycles. The molecule has 4 nitrogen and oxygen atoms in total. The molecule has 0 bridgehead atoms. The van der Waals surface area contributed by atoms with E-state index in [-0.39, 0.29) is 8.73 Å². The van der Waals surface area contributed by atoms with Gasteiger partial charge in [-0.15, -0.1) is 0 Å². The Balaban J connectivity index is 3.85. The minimum absolute atomic E-state index is 0.140. The van der Waals surface area contributed by atoms with E-state index in [2.05, 4.69) is 0 Å². The smallest absolute Gasteiger partial charge is 0.347 e. The van der Waals surface area contributed by atoms with Crippen LogP contribution in [0.15, 0.2) is 9.21 Å². The molecule has 1 aromatic rings. The number of anilines is 1. The molecule has 0 radical (unpaired) electrons. The van der Waals surface area contributed by atoms with Crippen LogP contribution in [0.2, 0.25) is 0 Å². The van der Waals surface area contributed by atoms with Crippen molar-refractivity contribution in [1.82, 2.24) is 0 Å². The molecule has 5 heteroatoms. The summed E-state index contributed by atoms with van der Waals surface area (Å²) in [5.74, 6) is 0. The Kier molecular flexibility index (Phi) is 3.44. The summed E-state index contributed by atoms with van der Waals surface area (Å²) >= 11 is 0. The van der Waals surface area contributed by atoms with Crippen LogP contribution < -0.4 is 32.8 Å². The van der Waals surface area contributed by atoms with Crippen LogP contribution in [0.25, 0.3) is 12.2 Å². The van der Waals surface area contributed by atoms with Gasteiger partial charge in [0.2, 0.25) is 0 Å². The van der Waals surface area contributed by atoms with E-state index in [0.717, 1.165) is 5.22 Å². The number of rotatable bonds is 1. The van der Waals surface area contributed by atoms with Crippen LogP contribution in [0.1, 0.15) is 13.8 Å². The van der Waals surface area contributed by atoms with Crippen molar-refractivity contribution in [2.45, 2.75) is 13.8 Å². The molecule has 0 aromatic carbocycles. The van der Waals surface area contributed by atoms with E-state index in [1.165, 1.54) is 0 Å². The lowest BCUT2D eigenvalue weighted by Gasteiger charge is -2.01. The van der Waals surface area contributed by atoms with Crippen LogP contribution >= 0.6 is 8.73 Å². The fraction of sp³-hybridized carbons (Fsp3) is 0.222. The molecule has 1 unspecified atom stereocenters. The highest BCUT2D eigenvalue weighted by Gasteiger charge is 2.06. The van der Waals surface area contributed by atoms with E-state index >= 15 is 0 Å². The summed E-state index contributed by atoms with van der Waals surface area (Å²) in [6.07, 6.45) is 3.51. The maximum Gasteiger partial charge on any atom is 0.347 e. The highest BCUT2D eigenvalue weighted by molar-refractivity contribution is 7.45. The first kappa shape index (κ1) is 11.0.